The molecule has 0 aromatic rings. The Bertz CT molecular complexity index is 347. The van der Waals surface area contributed by atoms with Crippen LogP contribution in [0.4, 0.5) is 0 Å². The third-order valence-corrected chi connectivity index (χ3v) is 5.91. The first-order valence-electron chi connectivity index (χ1n) is 4.22. The number of oxime groups is 1. The number of allylic oxidation sites excluding steroid dienone is 2. The van der Waals surface area contributed by atoms with E-state index in [0.29, 0.717) is 0 Å². The summed E-state index contributed by atoms with van der Waals surface area (Å²) in [5, 5.41) is 3.83. The van der Waals surface area contributed by atoms with Gasteiger partial charge in [0.25, 0.3) is 0 Å². The van der Waals surface area contributed by atoms with Crippen molar-refractivity contribution >= 4 is 31.7 Å². The highest BCUT2D eigenvalue weighted by molar-refractivity contribution is 8.84. The van der Waals surface area contributed by atoms with E-state index in [1.165, 1.54) is 15.3 Å². The van der Waals surface area contributed by atoms with Crippen molar-refractivity contribution in [3.63, 3.8) is 0 Å². The van der Waals surface area contributed by atoms with Crippen LogP contribution in [-0.4, -0.2) is 11.1 Å². The monoisotopic (exact) mass is 215 g/mol. The summed E-state index contributed by atoms with van der Waals surface area (Å²) in [6.45, 7) is 8.88. The number of nitrogens with zero attached hydrogens (tertiary/aromatic N) is 1. The first kappa shape index (κ1) is 9.34. The van der Waals surface area contributed by atoms with E-state index >= 15 is 0 Å². The zero-order valence-corrected chi connectivity index (χ0v) is 9.88. The summed E-state index contributed by atoms with van der Waals surface area (Å²) in [5.41, 5.74) is 1.60. The third kappa shape index (κ3) is 1.46. The minimum absolute atomic E-state index is 0.138. The summed E-state index contributed by atoms with van der Waals surface area (Å²) >= 11 is 0. The van der Waals surface area contributed by atoms with Crippen LogP contribution < -0.4 is 0 Å². The van der Waals surface area contributed by atoms with Gasteiger partial charge in [0.05, 0.1) is 20.9 Å². The smallest absolute Gasteiger partial charge is 0.0980 e. The van der Waals surface area contributed by atoms with Gasteiger partial charge in [-0.3, -0.25) is 0 Å². The van der Waals surface area contributed by atoms with Gasteiger partial charge in [0.15, 0.2) is 0 Å². The highest BCUT2D eigenvalue weighted by Gasteiger charge is 2.32. The fraction of sp³-hybridized carbons (Fsp3) is 0.556. The molecule has 2 nitrogen and oxygen atoms in total. The lowest BCUT2D eigenvalue weighted by molar-refractivity contribution is 0.417. The fourth-order valence-electron chi connectivity index (χ4n) is 1.41. The van der Waals surface area contributed by atoms with E-state index in [1.54, 1.807) is 0 Å². The Balaban J connectivity index is 2.38. The molecule has 0 saturated carbocycles. The second-order valence-corrected chi connectivity index (χ2v) is 7.24. The lowest BCUT2D eigenvalue weighted by atomic mass is 9.92. The molecular weight excluding hydrogens is 202 g/mol. The Kier molecular flexibility index (Phi) is 2.07. The van der Waals surface area contributed by atoms with E-state index in [2.05, 4.69) is 32.9 Å². The van der Waals surface area contributed by atoms with Gasteiger partial charge in [0, 0.05) is 4.91 Å². The van der Waals surface area contributed by atoms with E-state index < -0.39 is 0 Å². The zero-order valence-electron chi connectivity index (χ0n) is 8.25. The largest absolute Gasteiger partial charge is 0.319 e. The van der Waals surface area contributed by atoms with Crippen molar-refractivity contribution < 1.29 is 4.28 Å². The molecule has 0 aromatic carbocycles. The van der Waals surface area contributed by atoms with Crippen LogP contribution >= 0.6 is 20.6 Å². The predicted octanol–water partition coefficient (Wildman–Crippen LogP) is 3.34. The summed E-state index contributed by atoms with van der Waals surface area (Å²) in [5.74, 6) is 0. The van der Waals surface area contributed by atoms with Crippen molar-refractivity contribution in [1.82, 2.24) is 0 Å². The molecule has 72 valence electrons. The molecule has 4 heteroatoms. The summed E-state index contributed by atoms with van der Waals surface area (Å²) in [4.78, 5) is 2.71. The van der Waals surface area contributed by atoms with Crippen LogP contribution in [0.5, 0.6) is 0 Å². The lowest BCUT2D eigenvalue weighted by Crippen LogP contribution is -2.09. The molecule has 0 saturated heterocycles. The Morgan fingerprint density at radius 2 is 2.15 bits per heavy atom. The van der Waals surface area contributed by atoms with Gasteiger partial charge < -0.3 is 4.28 Å². The molecule has 2 aliphatic rings. The predicted molar refractivity (Wildman–Crippen MR) is 61.9 cm³/mol. The standard InChI is InChI=1S/C9H13NOS2/c1-6-7-5-10-11-13(7)12-8(6)9(2,3)4/h5H,1-4H3. The molecule has 1 unspecified atom stereocenters. The molecule has 2 aliphatic heterocycles. The van der Waals surface area contributed by atoms with E-state index in [4.69, 9.17) is 4.28 Å². The van der Waals surface area contributed by atoms with Crippen LogP contribution in [-0.2, 0) is 4.28 Å². The van der Waals surface area contributed by atoms with Gasteiger partial charge in [-0.1, -0.05) is 25.9 Å². The van der Waals surface area contributed by atoms with E-state index in [9.17, 15) is 0 Å². The third-order valence-electron chi connectivity index (χ3n) is 2.01. The Morgan fingerprint density at radius 3 is 2.69 bits per heavy atom. The van der Waals surface area contributed by atoms with Crippen LogP contribution in [0.3, 0.4) is 0 Å². The van der Waals surface area contributed by atoms with Crippen LogP contribution in [0.2, 0.25) is 0 Å². The number of hydrogen-bond acceptors (Lipinski definition) is 3. The molecule has 0 aromatic heterocycles. The van der Waals surface area contributed by atoms with Gasteiger partial charge in [0.1, 0.15) is 0 Å². The van der Waals surface area contributed by atoms with Crippen molar-refractivity contribution in [3.8, 4) is 0 Å². The van der Waals surface area contributed by atoms with Crippen molar-refractivity contribution in [2.45, 2.75) is 27.7 Å². The Morgan fingerprint density at radius 1 is 1.46 bits per heavy atom. The summed E-state index contributed by atoms with van der Waals surface area (Å²) < 4.78 is 5.25. The molecule has 0 bridgehead atoms. The molecule has 1 atom stereocenters. The lowest BCUT2D eigenvalue weighted by Gasteiger charge is -2.20. The second-order valence-electron chi connectivity index (χ2n) is 4.20. The molecule has 0 N–H and O–H groups in total. The maximum Gasteiger partial charge on any atom is 0.0980 e. The highest BCUT2D eigenvalue weighted by Crippen LogP contribution is 2.55. The van der Waals surface area contributed by atoms with Crippen molar-refractivity contribution in [3.05, 3.63) is 10.5 Å². The highest BCUT2D eigenvalue weighted by atomic mass is 33.1. The van der Waals surface area contributed by atoms with Crippen LogP contribution in [0.15, 0.2) is 15.6 Å². The van der Waals surface area contributed by atoms with E-state index in [1.807, 2.05) is 17.0 Å². The fourth-order valence-corrected chi connectivity index (χ4v) is 5.46. The molecule has 2 rings (SSSR count). The number of hydrogen-bond donors (Lipinski definition) is 0. The molecule has 13 heavy (non-hydrogen) atoms. The van der Waals surface area contributed by atoms with Gasteiger partial charge in [-0.15, -0.1) is 0 Å². The van der Waals surface area contributed by atoms with Crippen molar-refractivity contribution in [2.24, 2.45) is 10.6 Å². The molecule has 0 spiro atoms. The summed E-state index contributed by atoms with van der Waals surface area (Å²) in [6, 6.07) is 0. The minimum Gasteiger partial charge on any atom is -0.319 e. The quantitative estimate of drug-likeness (QED) is 0.456. The summed E-state index contributed by atoms with van der Waals surface area (Å²) in [6.07, 6.45) is 1.85. The number of rotatable bonds is 0. The van der Waals surface area contributed by atoms with Crippen molar-refractivity contribution in [2.75, 3.05) is 0 Å². The van der Waals surface area contributed by atoms with Crippen LogP contribution in [0.1, 0.15) is 27.7 Å². The Labute approximate surface area is 84.9 Å². The minimum atomic E-state index is -0.138. The van der Waals surface area contributed by atoms with Gasteiger partial charge >= 0.3 is 0 Å². The molecule has 0 radical (unpaired) electrons. The topological polar surface area (TPSA) is 21.6 Å². The molecule has 2 heterocycles. The second kappa shape index (κ2) is 2.89. The molecular formula is C9H13NOS2. The van der Waals surface area contributed by atoms with Gasteiger partial charge in [-0.05, 0) is 28.7 Å². The summed E-state index contributed by atoms with van der Waals surface area (Å²) in [7, 11) is 1.68. The first-order chi connectivity index (χ1) is 6.00. The molecule has 0 fully saturated rings. The molecule has 0 aliphatic carbocycles. The van der Waals surface area contributed by atoms with Gasteiger partial charge in [-0.2, -0.15) is 0 Å². The van der Waals surface area contributed by atoms with Crippen molar-refractivity contribution in [1.29, 1.82) is 0 Å². The SMILES string of the molecule is CC1=C(C(C)(C)C)SS2=C1C=NO2. The van der Waals surface area contributed by atoms with Gasteiger partial charge in [-0.25, -0.2) is 0 Å². The average molecular weight is 215 g/mol. The average Bonchev–Trinajstić information content (AvgIpc) is 2.51. The Hall–Kier alpha value is -0.220. The maximum atomic E-state index is 5.25. The zero-order chi connectivity index (χ0) is 9.64. The van der Waals surface area contributed by atoms with Gasteiger partial charge in [0.2, 0.25) is 0 Å². The van der Waals surface area contributed by atoms with E-state index in [0.717, 1.165) is 0 Å². The van der Waals surface area contributed by atoms with Crippen LogP contribution in [0.25, 0.3) is 0 Å². The first-order valence-corrected chi connectivity index (χ1v) is 6.70. The van der Waals surface area contributed by atoms with E-state index in [-0.39, 0.29) is 15.2 Å². The molecule has 0 amide bonds. The maximum absolute atomic E-state index is 5.25. The normalized spacial score (nSPS) is 26.8. The van der Waals surface area contributed by atoms with Crippen LogP contribution in [0, 0.1) is 5.41 Å².